The lowest BCUT2D eigenvalue weighted by Crippen LogP contribution is -2.09. The summed E-state index contributed by atoms with van der Waals surface area (Å²) in [6.07, 6.45) is 0. The Morgan fingerprint density at radius 1 is 0.293 bits per heavy atom. The highest BCUT2D eigenvalue weighted by molar-refractivity contribution is 6.18. The van der Waals surface area contributed by atoms with Gasteiger partial charge >= 0.3 is 0 Å². The Morgan fingerprint density at radius 3 is 1.50 bits per heavy atom. The van der Waals surface area contributed by atoms with Gasteiger partial charge in [-0.1, -0.05) is 176 Å². The van der Waals surface area contributed by atoms with Crippen molar-refractivity contribution in [2.24, 2.45) is 0 Å². The van der Waals surface area contributed by atoms with Gasteiger partial charge in [-0.15, -0.1) is 0 Å². The Morgan fingerprint density at radius 2 is 0.793 bits per heavy atom. The van der Waals surface area contributed by atoms with Crippen molar-refractivity contribution in [3.8, 4) is 39.1 Å². The second-order valence-electron chi connectivity index (χ2n) is 15.0. The number of fused-ring (bicyclic) bond motifs is 6. The molecule has 272 valence electrons. The first-order valence-corrected chi connectivity index (χ1v) is 19.9. The molecule has 0 N–H and O–H groups in total. The fourth-order valence-electron chi connectivity index (χ4n) is 8.76. The van der Waals surface area contributed by atoms with Crippen LogP contribution < -0.4 is 4.90 Å². The van der Waals surface area contributed by atoms with Gasteiger partial charge in [-0.2, -0.15) is 0 Å². The first kappa shape index (κ1) is 33.6. The van der Waals surface area contributed by atoms with Crippen LogP contribution in [0.15, 0.2) is 231 Å². The third-order valence-corrected chi connectivity index (χ3v) is 11.6. The second-order valence-corrected chi connectivity index (χ2v) is 15.0. The molecule has 0 aliphatic heterocycles. The van der Waals surface area contributed by atoms with Gasteiger partial charge in [0.05, 0.1) is 11.0 Å². The smallest absolute Gasteiger partial charge is 0.0619 e. The highest BCUT2D eigenvalue weighted by Gasteiger charge is 2.17. The molecule has 1 heterocycles. The largest absolute Gasteiger partial charge is 0.310 e. The molecule has 0 radical (unpaired) electrons. The maximum Gasteiger partial charge on any atom is 0.0619 e. The van der Waals surface area contributed by atoms with E-state index in [4.69, 9.17) is 0 Å². The van der Waals surface area contributed by atoms with E-state index >= 15 is 0 Å². The highest BCUT2D eigenvalue weighted by atomic mass is 15.1. The van der Waals surface area contributed by atoms with Gasteiger partial charge in [0.2, 0.25) is 0 Å². The average Bonchev–Trinajstić information content (AvgIpc) is 3.65. The number of hydrogen-bond acceptors (Lipinski definition) is 1. The summed E-state index contributed by atoms with van der Waals surface area (Å²) < 4.78 is 2.43. The monoisotopic (exact) mass is 738 g/mol. The van der Waals surface area contributed by atoms with E-state index in [9.17, 15) is 0 Å². The molecule has 11 rings (SSSR count). The molecule has 2 nitrogen and oxygen atoms in total. The van der Waals surface area contributed by atoms with Crippen molar-refractivity contribution in [1.82, 2.24) is 4.57 Å². The van der Waals surface area contributed by atoms with Gasteiger partial charge in [-0.3, -0.25) is 0 Å². The molecule has 58 heavy (non-hydrogen) atoms. The fourth-order valence-corrected chi connectivity index (χ4v) is 8.76. The van der Waals surface area contributed by atoms with E-state index in [-0.39, 0.29) is 0 Å². The van der Waals surface area contributed by atoms with Crippen LogP contribution in [0.4, 0.5) is 17.1 Å². The lowest BCUT2D eigenvalue weighted by molar-refractivity contribution is 1.19. The number of hydrogen-bond donors (Lipinski definition) is 0. The third-order valence-electron chi connectivity index (χ3n) is 11.6. The van der Waals surface area contributed by atoms with Crippen LogP contribution in [0, 0.1) is 0 Å². The summed E-state index contributed by atoms with van der Waals surface area (Å²) >= 11 is 0. The third kappa shape index (κ3) is 5.82. The topological polar surface area (TPSA) is 8.17 Å². The van der Waals surface area contributed by atoms with Gasteiger partial charge < -0.3 is 9.47 Å². The first-order valence-electron chi connectivity index (χ1n) is 19.9. The van der Waals surface area contributed by atoms with E-state index in [1.54, 1.807) is 0 Å². The average molecular weight is 739 g/mol. The van der Waals surface area contributed by atoms with Crippen LogP contribution in [0.2, 0.25) is 0 Å². The second kappa shape index (κ2) is 14.1. The first-order chi connectivity index (χ1) is 28.8. The van der Waals surface area contributed by atoms with Gasteiger partial charge in [0.15, 0.2) is 0 Å². The summed E-state index contributed by atoms with van der Waals surface area (Å²) in [6.45, 7) is 0. The lowest BCUT2D eigenvalue weighted by Gasteiger charge is -2.26. The molecule has 0 aliphatic carbocycles. The number of benzene rings is 10. The maximum atomic E-state index is 2.43. The maximum absolute atomic E-state index is 2.43. The number of aromatic nitrogens is 1. The molecular weight excluding hydrogens is 701 g/mol. The van der Waals surface area contributed by atoms with E-state index in [1.165, 1.54) is 76.7 Å². The molecule has 0 amide bonds. The molecular formula is C56H38N2. The Hall–Kier alpha value is -7.68. The van der Waals surface area contributed by atoms with E-state index < -0.39 is 0 Å². The molecule has 11 aromatic rings. The van der Waals surface area contributed by atoms with E-state index in [0.717, 1.165) is 22.7 Å². The molecule has 1 aromatic heterocycles. The van der Waals surface area contributed by atoms with Gasteiger partial charge in [0.1, 0.15) is 0 Å². The predicted molar refractivity (Wildman–Crippen MR) is 247 cm³/mol. The predicted octanol–water partition coefficient (Wildman–Crippen LogP) is 15.6. The van der Waals surface area contributed by atoms with Gasteiger partial charge in [0.25, 0.3) is 0 Å². The van der Waals surface area contributed by atoms with Crippen LogP contribution >= 0.6 is 0 Å². The number of nitrogens with zero attached hydrogens (tertiary/aromatic N) is 2. The summed E-state index contributed by atoms with van der Waals surface area (Å²) in [5.41, 5.74) is 14.1. The van der Waals surface area contributed by atoms with Crippen LogP contribution in [0.25, 0.3) is 82.4 Å². The van der Waals surface area contributed by atoms with Crippen LogP contribution in [-0.2, 0) is 0 Å². The molecule has 0 fully saturated rings. The summed E-state index contributed by atoms with van der Waals surface area (Å²) in [7, 11) is 0. The molecule has 0 saturated heterocycles. The molecule has 0 saturated carbocycles. The number of para-hydroxylation sites is 1. The van der Waals surface area contributed by atoms with Crippen molar-refractivity contribution in [2.75, 3.05) is 4.90 Å². The molecule has 0 atom stereocenters. The van der Waals surface area contributed by atoms with Crippen LogP contribution in [-0.4, -0.2) is 4.57 Å². The molecule has 0 bridgehead atoms. The Bertz CT molecular complexity index is 3250. The van der Waals surface area contributed by atoms with Crippen LogP contribution in [0.3, 0.4) is 0 Å². The van der Waals surface area contributed by atoms with E-state index in [1.807, 2.05) is 0 Å². The Balaban J connectivity index is 0.965. The zero-order chi connectivity index (χ0) is 38.4. The SMILES string of the molecule is c1ccc(-c2ccc(N(c3ccc(-c4ccccc4-c4ccc(-n5c6ccccc6c6ccc7ccccc7c65)cc4)cc3)c3ccc4ccccc4c3)cc2)cc1. The summed E-state index contributed by atoms with van der Waals surface area (Å²) in [5.74, 6) is 0. The minimum Gasteiger partial charge on any atom is -0.310 e. The van der Waals surface area contributed by atoms with Crippen molar-refractivity contribution in [1.29, 1.82) is 0 Å². The molecule has 10 aromatic carbocycles. The quantitative estimate of drug-likeness (QED) is 0.158. The Labute approximate surface area is 338 Å². The van der Waals surface area contributed by atoms with Crippen molar-refractivity contribution in [2.45, 2.75) is 0 Å². The summed E-state index contributed by atoms with van der Waals surface area (Å²) in [5, 5.41) is 7.50. The summed E-state index contributed by atoms with van der Waals surface area (Å²) in [4.78, 5) is 2.35. The van der Waals surface area contributed by atoms with Crippen LogP contribution in [0.5, 0.6) is 0 Å². The van der Waals surface area contributed by atoms with Crippen molar-refractivity contribution >= 4 is 60.4 Å². The number of anilines is 3. The minimum absolute atomic E-state index is 1.10. The molecule has 0 spiro atoms. The van der Waals surface area contributed by atoms with Gasteiger partial charge in [-0.25, -0.2) is 0 Å². The Kier molecular flexibility index (Phi) is 8.19. The van der Waals surface area contributed by atoms with Crippen molar-refractivity contribution in [3.63, 3.8) is 0 Å². The summed E-state index contributed by atoms with van der Waals surface area (Å²) in [6, 6.07) is 83.6. The lowest BCUT2D eigenvalue weighted by atomic mass is 9.94. The zero-order valence-corrected chi connectivity index (χ0v) is 31.8. The van der Waals surface area contributed by atoms with Gasteiger partial charge in [-0.05, 0) is 104 Å². The minimum atomic E-state index is 1.10. The normalized spacial score (nSPS) is 11.4. The van der Waals surface area contributed by atoms with Crippen LogP contribution in [0.1, 0.15) is 0 Å². The zero-order valence-electron chi connectivity index (χ0n) is 31.8. The molecule has 0 aliphatic rings. The number of rotatable bonds is 7. The molecule has 2 heteroatoms. The standard InChI is InChI=1S/C56H38N2/c1-2-12-39(13-3-1)41-22-30-46(31-23-41)57(49-36-24-40-14-4-5-16-45(40)38-49)47-32-25-43(26-33-47)50-17-8-9-18-51(50)44-27-34-48(35-28-44)58-55-21-11-10-20-53(55)54-37-29-42-15-6-7-19-52(42)56(54)58/h1-38H. The van der Waals surface area contributed by atoms with E-state index in [2.05, 4.69) is 240 Å². The molecule has 0 unspecified atom stereocenters. The van der Waals surface area contributed by atoms with Gasteiger partial charge in [0, 0.05) is 38.9 Å². The van der Waals surface area contributed by atoms with Crippen molar-refractivity contribution in [3.05, 3.63) is 231 Å². The van der Waals surface area contributed by atoms with E-state index in [0.29, 0.717) is 0 Å². The van der Waals surface area contributed by atoms with Crippen molar-refractivity contribution < 1.29 is 0 Å². The highest BCUT2D eigenvalue weighted by Crippen LogP contribution is 2.41. The fraction of sp³-hybridized carbons (Fsp3) is 0.